The van der Waals surface area contributed by atoms with Crippen molar-refractivity contribution in [2.24, 2.45) is 11.3 Å². The standard InChI is InChI=1S/C21H26N4O5/c1-10-8-25(15-14(26)9-30-16(10)15)19(28)17(21(2,3)4)24-18(27)11-5-6-12-13(7-11)23-20(29)22-12/h5-7,10,15-17H,8-9H2,1-4H3,(H,24,27)(H2,22,23,29)/t10-,15-,16-,17-/m1/s1. The summed E-state index contributed by atoms with van der Waals surface area (Å²) in [5.74, 6) is -0.761. The molecule has 30 heavy (non-hydrogen) atoms. The summed E-state index contributed by atoms with van der Waals surface area (Å²) in [7, 11) is 0. The first-order valence-electron chi connectivity index (χ1n) is 10.0. The molecule has 3 heterocycles. The van der Waals surface area contributed by atoms with Gasteiger partial charge >= 0.3 is 5.69 Å². The van der Waals surface area contributed by atoms with E-state index >= 15 is 0 Å². The van der Waals surface area contributed by atoms with E-state index < -0.39 is 23.4 Å². The van der Waals surface area contributed by atoms with Crippen LogP contribution in [0.3, 0.4) is 0 Å². The highest BCUT2D eigenvalue weighted by molar-refractivity contribution is 6.01. The minimum absolute atomic E-state index is 0.0187. The van der Waals surface area contributed by atoms with Crippen molar-refractivity contribution in [3.8, 4) is 0 Å². The SMILES string of the molecule is C[C@@H]1CN(C(=O)[C@@H](NC(=O)c2ccc3[nH]c(=O)[nH]c3c2)C(C)(C)C)[C@@H]2C(=O)CO[C@H]12. The summed E-state index contributed by atoms with van der Waals surface area (Å²) < 4.78 is 5.58. The highest BCUT2D eigenvalue weighted by Gasteiger charge is 2.52. The van der Waals surface area contributed by atoms with Gasteiger partial charge in [-0.25, -0.2) is 4.79 Å². The van der Waals surface area contributed by atoms with E-state index in [2.05, 4.69) is 15.3 Å². The van der Waals surface area contributed by atoms with Gasteiger partial charge in [0.1, 0.15) is 18.7 Å². The van der Waals surface area contributed by atoms with Crippen LogP contribution >= 0.6 is 0 Å². The number of benzene rings is 1. The molecule has 2 aromatic rings. The van der Waals surface area contributed by atoms with Gasteiger partial charge in [0.2, 0.25) is 5.91 Å². The number of fused-ring (bicyclic) bond motifs is 2. The number of aromatic amines is 2. The number of nitrogens with one attached hydrogen (secondary N) is 3. The third kappa shape index (κ3) is 3.43. The summed E-state index contributed by atoms with van der Waals surface area (Å²) in [6.45, 7) is 8.00. The number of carbonyl (C=O) groups excluding carboxylic acids is 3. The largest absolute Gasteiger partial charge is 0.367 e. The number of Topliss-reactive ketones (excluding diaryl/α,β-unsaturated/α-hetero) is 1. The van der Waals surface area contributed by atoms with Crippen molar-refractivity contribution in [3.05, 3.63) is 34.2 Å². The van der Waals surface area contributed by atoms with Crippen LogP contribution in [-0.2, 0) is 14.3 Å². The summed E-state index contributed by atoms with van der Waals surface area (Å²) >= 11 is 0. The number of nitrogens with zero attached hydrogens (tertiary/aromatic N) is 1. The van der Waals surface area contributed by atoms with Gasteiger partial charge in [-0.2, -0.15) is 0 Å². The molecule has 1 aromatic heterocycles. The highest BCUT2D eigenvalue weighted by Crippen LogP contribution is 2.33. The number of likely N-dealkylation sites (tertiary alicyclic amines) is 1. The number of ketones is 1. The van der Waals surface area contributed by atoms with Crippen LogP contribution in [0.5, 0.6) is 0 Å². The average Bonchev–Trinajstić information content (AvgIpc) is 3.32. The molecule has 160 valence electrons. The zero-order valence-corrected chi connectivity index (χ0v) is 17.4. The maximum Gasteiger partial charge on any atom is 0.323 e. The van der Waals surface area contributed by atoms with Crippen LogP contribution in [0.25, 0.3) is 11.0 Å². The summed E-state index contributed by atoms with van der Waals surface area (Å²) in [4.78, 5) is 57.0. The van der Waals surface area contributed by atoms with E-state index in [0.29, 0.717) is 23.1 Å². The van der Waals surface area contributed by atoms with Crippen molar-refractivity contribution in [2.75, 3.05) is 13.2 Å². The number of carbonyl (C=O) groups is 3. The molecule has 2 saturated heterocycles. The zero-order valence-electron chi connectivity index (χ0n) is 17.4. The second-order valence-corrected chi connectivity index (χ2v) is 9.27. The van der Waals surface area contributed by atoms with Crippen LogP contribution in [0.4, 0.5) is 0 Å². The Morgan fingerprint density at radius 3 is 2.60 bits per heavy atom. The first-order chi connectivity index (χ1) is 14.1. The topological polar surface area (TPSA) is 124 Å². The number of imidazole rings is 1. The van der Waals surface area contributed by atoms with E-state index in [1.807, 2.05) is 27.7 Å². The quantitative estimate of drug-likeness (QED) is 0.686. The van der Waals surface area contributed by atoms with Gasteiger partial charge in [-0.05, 0) is 23.6 Å². The van der Waals surface area contributed by atoms with E-state index in [4.69, 9.17) is 4.74 Å². The summed E-state index contributed by atoms with van der Waals surface area (Å²) in [6, 6.07) is 3.38. The Bertz CT molecular complexity index is 1080. The van der Waals surface area contributed by atoms with E-state index in [-0.39, 0.29) is 36.0 Å². The number of amides is 2. The second-order valence-electron chi connectivity index (χ2n) is 9.27. The first-order valence-corrected chi connectivity index (χ1v) is 10.0. The van der Waals surface area contributed by atoms with Gasteiger partial charge in [0.05, 0.1) is 17.1 Å². The van der Waals surface area contributed by atoms with Gasteiger partial charge in [-0.3, -0.25) is 14.4 Å². The van der Waals surface area contributed by atoms with Crippen molar-refractivity contribution in [2.45, 2.75) is 45.9 Å². The molecule has 2 fully saturated rings. The Morgan fingerprint density at radius 1 is 1.20 bits per heavy atom. The van der Waals surface area contributed by atoms with Crippen molar-refractivity contribution >= 4 is 28.6 Å². The fourth-order valence-corrected chi connectivity index (χ4v) is 4.32. The molecule has 0 bridgehead atoms. The molecule has 4 atom stereocenters. The lowest BCUT2D eigenvalue weighted by atomic mass is 9.85. The Balaban J connectivity index is 1.59. The number of rotatable bonds is 3. The molecular weight excluding hydrogens is 388 g/mol. The summed E-state index contributed by atoms with van der Waals surface area (Å²) in [5.41, 5.74) is 0.496. The Hall–Kier alpha value is -2.94. The van der Waals surface area contributed by atoms with E-state index in [0.717, 1.165) is 0 Å². The third-order valence-electron chi connectivity index (χ3n) is 5.89. The van der Waals surface area contributed by atoms with Crippen molar-refractivity contribution in [1.82, 2.24) is 20.2 Å². The predicted molar refractivity (Wildman–Crippen MR) is 109 cm³/mol. The predicted octanol–water partition coefficient (Wildman–Crippen LogP) is 0.816. The fourth-order valence-electron chi connectivity index (χ4n) is 4.32. The third-order valence-corrected chi connectivity index (χ3v) is 5.89. The molecule has 0 unspecified atom stereocenters. The highest BCUT2D eigenvalue weighted by atomic mass is 16.5. The monoisotopic (exact) mass is 414 g/mol. The fraction of sp³-hybridized carbons (Fsp3) is 0.524. The molecule has 2 amide bonds. The minimum Gasteiger partial charge on any atom is -0.367 e. The van der Waals surface area contributed by atoms with Crippen LogP contribution in [0.1, 0.15) is 38.1 Å². The molecule has 0 aliphatic carbocycles. The number of ether oxygens (including phenoxy) is 1. The molecular formula is C21H26N4O5. The van der Waals surface area contributed by atoms with Crippen LogP contribution < -0.4 is 11.0 Å². The van der Waals surface area contributed by atoms with E-state index in [9.17, 15) is 19.2 Å². The van der Waals surface area contributed by atoms with Gasteiger partial charge in [0.25, 0.3) is 5.91 Å². The van der Waals surface area contributed by atoms with Crippen LogP contribution in [0.2, 0.25) is 0 Å². The molecule has 4 rings (SSSR count). The van der Waals surface area contributed by atoms with Gasteiger partial charge in [-0.1, -0.05) is 27.7 Å². The second kappa shape index (κ2) is 7.09. The number of hydrogen-bond acceptors (Lipinski definition) is 5. The molecule has 2 aliphatic rings. The van der Waals surface area contributed by atoms with E-state index in [1.165, 1.54) is 0 Å². The maximum atomic E-state index is 13.5. The molecule has 0 radical (unpaired) electrons. The van der Waals surface area contributed by atoms with Crippen LogP contribution in [0, 0.1) is 11.3 Å². The molecule has 3 N–H and O–H groups in total. The Labute approximate surface area is 173 Å². The lowest BCUT2D eigenvalue weighted by Gasteiger charge is -2.35. The maximum absolute atomic E-state index is 13.5. The minimum atomic E-state index is -0.828. The summed E-state index contributed by atoms with van der Waals surface area (Å²) in [6.07, 6.45) is -0.286. The Morgan fingerprint density at radius 2 is 1.90 bits per heavy atom. The number of aromatic nitrogens is 2. The molecule has 0 saturated carbocycles. The van der Waals surface area contributed by atoms with Crippen molar-refractivity contribution in [1.29, 1.82) is 0 Å². The van der Waals surface area contributed by atoms with Crippen molar-refractivity contribution in [3.63, 3.8) is 0 Å². The number of H-pyrrole nitrogens is 2. The van der Waals surface area contributed by atoms with Gasteiger partial charge in [-0.15, -0.1) is 0 Å². The zero-order chi connectivity index (χ0) is 21.8. The number of hydrogen-bond donors (Lipinski definition) is 3. The average molecular weight is 414 g/mol. The van der Waals surface area contributed by atoms with Crippen LogP contribution in [0.15, 0.2) is 23.0 Å². The lowest BCUT2D eigenvalue weighted by Crippen LogP contribution is -2.57. The normalized spacial score (nSPS) is 24.9. The Kier molecular flexibility index (Phi) is 4.80. The van der Waals surface area contributed by atoms with Gasteiger partial charge in [0.15, 0.2) is 5.78 Å². The lowest BCUT2D eigenvalue weighted by molar-refractivity contribution is -0.140. The molecule has 2 aliphatic heterocycles. The van der Waals surface area contributed by atoms with Gasteiger partial charge < -0.3 is 24.9 Å². The van der Waals surface area contributed by atoms with Crippen molar-refractivity contribution < 1.29 is 19.1 Å². The molecule has 1 aromatic carbocycles. The smallest absolute Gasteiger partial charge is 0.323 e. The summed E-state index contributed by atoms with van der Waals surface area (Å²) in [5, 5.41) is 2.85. The first kappa shape index (κ1) is 20.3. The molecule has 0 spiro atoms. The van der Waals surface area contributed by atoms with Gasteiger partial charge in [0, 0.05) is 18.0 Å². The molecule has 9 nitrogen and oxygen atoms in total. The molecule has 9 heteroatoms. The van der Waals surface area contributed by atoms with E-state index in [1.54, 1.807) is 23.1 Å². The van der Waals surface area contributed by atoms with Crippen LogP contribution in [-0.4, -0.2) is 63.8 Å².